The predicted octanol–water partition coefficient (Wildman–Crippen LogP) is 1.99. The topological polar surface area (TPSA) is 88.4 Å². The van der Waals surface area contributed by atoms with Crippen molar-refractivity contribution in [2.24, 2.45) is 0 Å². The Hall–Kier alpha value is -2.58. The molecule has 1 unspecified atom stereocenters. The Labute approximate surface area is 141 Å². The average Bonchev–Trinajstić information content (AvgIpc) is 2.95. The van der Waals surface area contributed by atoms with Gasteiger partial charge < -0.3 is 0 Å². The number of hydrogen-bond donors (Lipinski definition) is 2. The fourth-order valence-corrected chi connectivity index (χ4v) is 3.13. The highest BCUT2D eigenvalue weighted by molar-refractivity contribution is 7.83. The third kappa shape index (κ3) is 3.50. The van der Waals surface area contributed by atoms with Crippen LogP contribution in [0.25, 0.3) is 16.8 Å². The fourth-order valence-electron chi connectivity index (χ4n) is 2.27. The normalized spacial score (nSPS) is 12.2. The summed E-state index contributed by atoms with van der Waals surface area (Å²) in [5.74, 6) is 0.0476. The van der Waals surface area contributed by atoms with E-state index in [4.69, 9.17) is 0 Å². The second kappa shape index (κ2) is 6.90. The minimum absolute atomic E-state index is 0.218. The molecule has 3 rings (SSSR count). The molecule has 0 aliphatic rings. The molecule has 2 aromatic heterocycles. The molecule has 0 saturated carbocycles. The number of nitrogens with one attached hydrogen (secondary N) is 2. The lowest BCUT2D eigenvalue weighted by Crippen LogP contribution is -2.16. The Morgan fingerprint density at radius 2 is 2.08 bits per heavy atom. The monoisotopic (exact) mass is 343 g/mol. The molecule has 0 bridgehead atoms. The molecule has 0 radical (unpaired) electrons. The summed E-state index contributed by atoms with van der Waals surface area (Å²) in [6.07, 6.45) is 1.82. The molecule has 3 aromatic rings. The van der Waals surface area contributed by atoms with E-state index >= 15 is 0 Å². The lowest BCUT2D eigenvalue weighted by Gasteiger charge is -2.06. The number of pyridine rings is 1. The second-order valence-electron chi connectivity index (χ2n) is 5.13. The van der Waals surface area contributed by atoms with Crippen molar-refractivity contribution >= 4 is 28.5 Å². The first-order valence-corrected chi connectivity index (χ1v) is 8.61. The van der Waals surface area contributed by atoms with Gasteiger partial charge in [-0.15, -0.1) is 5.10 Å². The molecule has 1 atom stereocenters. The van der Waals surface area contributed by atoms with Crippen LogP contribution < -0.4 is 10.0 Å². The van der Waals surface area contributed by atoms with Crippen molar-refractivity contribution in [1.29, 1.82) is 0 Å². The van der Waals surface area contributed by atoms with Gasteiger partial charge in [-0.05, 0) is 29.8 Å². The Morgan fingerprint density at radius 3 is 2.83 bits per heavy atom. The summed E-state index contributed by atoms with van der Waals surface area (Å²) in [5.41, 5.74) is 2.48. The van der Waals surface area contributed by atoms with Crippen LogP contribution in [0.5, 0.6) is 0 Å². The first-order valence-electron chi connectivity index (χ1n) is 7.46. The third-order valence-electron chi connectivity index (χ3n) is 3.28. The zero-order chi connectivity index (χ0) is 17.1. The van der Waals surface area contributed by atoms with E-state index in [0.29, 0.717) is 17.1 Å². The minimum atomic E-state index is -1.23. The van der Waals surface area contributed by atoms with Crippen molar-refractivity contribution in [1.82, 2.24) is 19.3 Å². The molecule has 0 fully saturated rings. The van der Waals surface area contributed by atoms with Crippen molar-refractivity contribution in [3.63, 3.8) is 0 Å². The Bertz CT molecular complexity index is 922. The largest absolute Gasteiger partial charge is 0.293 e. The van der Waals surface area contributed by atoms with Crippen LogP contribution in [-0.4, -0.2) is 31.3 Å². The Kier molecular flexibility index (Phi) is 4.68. The summed E-state index contributed by atoms with van der Waals surface area (Å²) >= 11 is 0. The number of carbonyl (C=O) groups is 1. The Morgan fingerprint density at radius 1 is 1.25 bits per heavy atom. The van der Waals surface area contributed by atoms with E-state index in [2.05, 4.69) is 20.1 Å². The molecule has 1 amide bonds. The number of benzene rings is 1. The summed E-state index contributed by atoms with van der Waals surface area (Å²) in [7, 11) is -1.23. The van der Waals surface area contributed by atoms with E-state index < -0.39 is 11.0 Å². The maximum Gasteiger partial charge on any atom is 0.249 e. The van der Waals surface area contributed by atoms with Crippen molar-refractivity contribution in [2.75, 3.05) is 11.9 Å². The van der Waals surface area contributed by atoms with Gasteiger partial charge in [-0.3, -0.25) is 10.1 Å². The first kappa shape index (κ1) is 16.3. The molecule has 1 aromatic carbocycles. The van der Waals surface area contributed by atoms with Crippen LogP contribution in [0.3, 0.4) is 0 Å². The highest BCUT2D eigenvalue weighted by atomic mass is 32.2. The number of nitrogens with zero attached hydrogens (tertiary/aromatic N) is 3. The van der Waals surface area contributed by atoms with Crippen LogP contribution >= 0.6 is 0 Å². The number of amides is 1. The zero-order valence-electron chi connectivity index (χ0n) is 13.3. The van der Waals surface area contributed by atoms with Crippen LogP contribution in [0.2, 0.25) is 0 Å². The van der Waals surface area contributed by atoms with Gasteiger partial charge in [-0.2, -0.15) is 4.98 Å². The van der Waals surface area contributed by atoms with E-state index in [9.17, 15) is 9.00 Å². The van der Waals surface area contributed by atoms with Gasteiger partial charge in [0.05, 0.1) is 4.90 Å². The van der Waals surface area contributed by atoms with Crippen molar-refractivity contribution < 1.29 is 9.00 Å². The van der Waals surface area contributed by atoms with Crippen LogP contribution in [0.15, 0.2) is 47.5 Å². The summed E-state index contributed by atoms with van der Waals surface area (Å²) in [6.45, 7) is 3.95. The fraction of sp³-hybridized carbons (Fsp3) is 0.188. The van der Waals surface area contributed by atoms with E-state index in [1.54, 1.807) is 4.52 Å². The van der Waals surface area contributed by atoms with Gasteiger partial charge in [0, 0.05) is 25.2 Å². The molecule has 2 heterocycles. The molecule has 124 valence electrons. The van der Waals surface area contributed by atoms with Gasteiger partial charge in [-0.25, -0.2) is 13.4 Å². The predicted molar refractivity (Wildman–Crippen MR) is 92.8 cm³/mol. The number of fused-ring (bicyclic) bond motifs is 1. The summed E-state index contributed by atoms with van der Waals surface area (Å²) in [4.78, 5) is 16.0. The van der Waals surface area contributed by atoms with E-state index in [0.717, 1.165) is 11.1 Å². The second-order valence-corrected chi connectivity index (χ2v) is 6.43. The number of aromatic nitrogens is 3. The number of anilines is 1. The van der Waals surface area contributed by atoms with Crippen LogP contribution in [0.1, 0.15) is 13.8 Å². The highest BCUT2D eigenvalue weighted by Crippen LogP contribution is 2.22. The van der Waals surface area contributed by atoms with Crippen molar-refractivity contribution in [2.45, 2.75) is 18.7 Å². The quantitative estimate of drug-likeness (QED) is 0.741. The minimum Gasteiger partial charge on any atom is -0.293 e. The maximum absolute atomic E-state index is 12.1. The lowest BCUT2D eigenvalue weighted by atomic mass is 10.1. The van der Waals surface area contributed by atoms with E-state index in [1.165, 1.54) is 6.92 Å². The summed E-state index contributed by atoms with van der Waals surface area (Å²) in [6, 6.07) is 11.3. The van der Waals surface area contributed by atoms with Crippen LogP contribution in [-0.2, 0) is 15.8 Å². The number of hydrogen-bond acceptors (Lipinski definition) is 4. The van der Waals surface area contributed by atoms with E-state index in [1.807, 2.05) is 49.5 Å². The molecule has 0 spiro atoms. The standard InChI is InChI=1S/C16H17N5O2S/c1-3-17-24(23)14-6-4-5-12(9-14)13-7-8-15-19-16(18-11(2)22)20-21(15)10-13/h4-10,17H,3H2,1-2H3,(H,18,20,22). The molecular weight excluding hydrogens is 326 g/mol. The molecule has 24 heavy (non-hydrogen) atoms. The van der Waals surface area contributed by atoms with Gasteiger partial charge in [0.2, 0.25) is 11.9 Å². The van der Waals surface area contributed by atoms with Crippen molar-refractivity contribution in [3.8, 4) is 11.1 Å². The smallest absolute Gasteiger partial charge is 0.249 e. The maximum atomic E-state index is 12.1. The lowest BCUT2D eigenvalue weighted by molar-refractivity contribution is -0.114. The average molecular weight is 343 g/mol. The zero-order valence-corrected chi connectivity index (χ0v) is 14.1. The Balaban J connectivity index is 1.95. The summed E-state index contributed by atoms with van der Waals surface area (Å²) < 4.78 is 16.6. The van der Waals surface area contributed by atoms with Gasteiger partial charge in [-0.1, -0.05) is 19.1 Å². The van der Waals surface area contributed by atoms with Gasteiger partial charge in [0.15, 0.2) is 5.65 Å². The molecule has 2 N–H and O–H groups in total. The molecule has 7 nitrogen and oxygen atoms in total. The molecule has 0 saturated heterocycles. The van der Waals surface area contributed by atoms with Crippen molar-refractivity contribution in [3.05, 3.63) is 42.6 Å². The molecule has 8 heteroatoms. The first-order chi connectivity index (χ1) is 11.6. The van der Waals surface area contributed by atoms with E-state index in [-0.39, 0.29) is 11.9 Å². The SMILES string of the molecule is CCNS(=O)c1cccc(-c2ccc3nc(NC(C)=O)nn3c2)c1. The van der Waals surface area contributed by atoms with Gasteiger partial charge in [0.25, 0.3) is 0 Å². The number of carbonyl (C=O) groups excluding carboxylic acids is 1. The third-order valence-corrected chi connectivity index (χ3v) is 4.51. The van der Waals surface area contributed by atoms with Gasteiger partial charge >= 0.3 is 0 Å². The molecule has 0 aliphatic heterocycles. The molecule has 0 aliphatic carbocycles. The van der Waals surface area contributed by atoms with Crippen LogP contribution in [0, 0.1) is 0 Å². The summed E-state index contributed by atoms with van der Waals surface area (Å²) in [5, 5.41) is 6.79. The van der Waals surface area contributed by atoms with Crippen LogP contribution in [0.4, 0.5) is 5.95 Å². The molecular formula is C16H17N5O2S. The van der Waals surface area contributed by atoms with Gasteiger partial charge in [0.1, 0.15) is 11.0 Å². The highest BCUT2D eigenvalue weighted by Gasteiger charge is 2.08. The number of rotatable bonds is 5.